The summed E-state index contributed by atoms with van der Waals surface area (Å²) in [5, 5.41) is 22.9. The molecule has 4 atom stereocenters. The molecule has 170 valence electrons. The molecule has 0 aliphatic carbocycles. The van der Waals surface area contributed by atoms with Gasteiger partial charge in [0.1, 0.15) is 18.1 Å². The summed E-state index contributed by atoms with van der Waals surface area (Å²) in [4.78, 5) is 61.0. The lowest BCUT2D eigenvalue weighted by molar-refractivity contribution is -0.145. The van der Waals surface area contributed by atoms with Crippen molar-refractivity contribution in [1.29, 1.82) is 0 Å². The quantitative estimate of drug-likeness (QED) is 0.214. The van der Waals surface area contributed by atoms with E-state index in [0.717, 1.165) is 0 Å². The molecule has 0 radical (unpaired) electrons. The van der Waals surface area contributed by atoms with Gasteiger partial charge in [0.25, 0.3) is 0 Å². The number of thiol groups is 1. The minimum atomic E-state index is -1.16. The number of carbonyl (C=O) groups excluding carboxylic acids is 3. The number of nitrogens with zero attached hydrogens (tertiary/aromatic N) is 1. The van der Waals surface area contributed by atoms with Crippen molar-refractivity contribution >= 4 is 42.3 Å². The molecular formula is C18H30N4O7S. The van der Waals surface area contributed by atoms with E-state index >= 15 is 0 Å². The average molecular weight is 447 g/mol. The molecule has 12 heteroatoms. The number of carboxylic acid groups (broad SMARTS) is 2. The molecular weight excluding hydrogens is 416 g/mol. The van der Waals surface area contributed by atoms with Gasteiger partial charge in [-0.05, 0) is 25.2 Å². The Bertz CT molecular complexity index is 673. The summed E-state index contributed by atoms with van der Waals surface area (Å²) in [6.45, 7) is 3.61. The Morgan fingerprint density at radius 2 is 1.80 bits per heavy atom. The molecule has 30 heavy (non-hydrogen) atoms. The van der Waals surface area contributed by atoms with Gasteiger partial charge in [-0.15, -0.1) is 0 Å². The lowest BCUT2D eigenvalue weighted by Crippen LogP contribution is -2.57. The van der Waals surface area contributed by atoms with Crippen LogP contribution in [0.15, 0.2) is 0 Å². The van der Waals surface area contributed by atoms with Gasteiger partial charge in [-0.25, -0.2) is 4.79 Å². The van der Waals surface area contributed by atoms with E-state index < -0.39 is 53.8 Å². The van der Waals surface area contributed by atoms with Gasteiger partial charge >= 0.3 is 11.9 Å². The summed E-state index contributed by atoms with van der Waals surface area (Å²) in [7, 11) is 0. The van der Waals surface area contributed by atoms with E-state index in [1.165, 1.54) is 4.90 Å². The molecule has 0 spiro atoms. The van der Waals surface area contributed by atoms with Crippen LogP contribution in [0.4, 0.5) is 0 Å². The van der Waals surface area contributed by atoms with Gasteiger partial charge < -0.3 is 31.5 Å². The molecule has 6 N–H and O–H groups in total. The number of carbonyl (C=O) groups is 5. The Morgan fingerprint density at radius 3 is 2.30 bits per heavy atom. The second kappa shape index (κ2) is 11.7. The Morgan fingerprint density at radius 1 is 1.17 bits per heavy atom. The van der Waals surface area contributed by atoms with E-state index in [9.17, 15) is 29.1 Å². The SMILES string of the molecule is CC(C)C(NC(=O)C1CCCN1C(=O)C(CS)NC(=O)C(N)CCC(=O)O)C(=O)O. The van der Waals surface area contributed by atoms with Crippen molar-refractivity contribution in [2.45, 2.75) is 63.7 Å². The Hall–Kier alpha value is -2.34. The summed E-state index contributed by atoms with van der Waals surface area (Å²) in [6, 6.07) is -4.08. The molecule has 0 aromatic rings. The van der Waals surface area contributed by atoms with Crippen molar-refractivity contribution in [3.05, 3.63) is 0 Å². The van der Waals surface area contributed by atoms with E-state index in [0.29, 0.717) is 12.8 Å². The summed E-state index contributed by atoms with van der Waals surface area (Å²) < 4.78 is 0. The van der Waals surface area contributed by atoms with Gasteiger partial charge in [0, 0.05) is 18.7 Å². The van der Waals surface area contributed by atoms with Crippen LogP contribution in [-0.4, -0.2) is 81.2 Å². The molecule has 1 aliphatic rings. The Kier molecular flexibility index (Phi) is 10.1. The van der Waals surface area contributed by atoms with Crippen LogP contribution in [0.25, 0.3) is 0 Å². The van der Waals surface area contributed by atoms with Gasteiger partial charge in [-0.3, -0.25) is 19.2 Å². The highest BCUT2D eigenvalue weighted by Gasteiger charge is 2.39. The second-order valence-corrected chi connectivity index (χ2v) is 7.91. The molecule has 4 unspecified atom stereocenters. The summed E-state index contributed by atoms with van der Waals surface area (Å²) >= 11 is 4.09. The molecule has 0 aromatic carbocycles. The van der Waals surface area contributed by atoms with Crippen molar-refractivity contribution in [3.63, 3.8) is 0 Å². The number of likely N-dealkylation sites (tertiary alicyclic amines) is 1. The van der Waals surface area contributed by atoms with Crippen molar-refractivity contribution in [3.8, 4) is 0 Å². The molecule has 11 nitrogen and oxygen atoms in total. The fraction of sp³-hybridized carbons (Fsp3) is 0.722. The van der Waals surface area contributed by atoms with E-state index in [1.807, 2.05) is 0 Å². The van der Waals surface area contributed by atoms with E-state index in [2.05, 4.69) is 23.3 Å². The number of carboxylic acids is 2. The Labute approximate surface area is 180 Å². The third-order valence-electron chi connectivity index (χ3n) is 4.87. The van der Waals surface area contributed by atoms with Gasteiger partial charge in [-0.2, -0.15) is 12.6 Å². The summed E-state index contributed by atoms with van der Waals surface area (Å²) in [6.07, 6.45) is 0.542. The number of rotatable bonds is 11. The highest BCUT2D eigenvalue weighted by molar-refractivity contribution is 7.80. The average Bonchev–Trinajstić information content (AvgIpc) is 3.16. The lowest BCUT2D eigenvalue weighted by atomic mass is 10.0. The summed E-state index contributed by atoms with van der Waals surface area (Å²) in [5.74, 6) is -4.42. The standard InChI is InChI=1S/C18H30N4O7S/c1-9(2)14(18(28)29)21-16(26)12-4-3-7-22(12)17(27)11(8-30)20-15(25)10(19)5-6-13(23)24/h9-12,14,30H,3-8,19H2,1-2H3,(H,20,25)(H,21,26)(H,23,24)(H,28,29). The fourth-order valence-electron chi connectivity index (χ4n) is 3.14. The minimum absolute atomic E-state index is 0.0508. The molecule has 1 heterocycles. The van der Waals surface area contributed by atoms with Crippen molar-refractivity contribution in [1.82, 2.24) is 15.5 Å². The molecule has 1 saturated heterocycles. The first-order valence-electron chi connectivity index (χ1n) is 9.71. The number of hydrogen-bond donors (Lipinski definition) is 6. The first-order valence-corrected chi connectivity index (χ1v) is 10.3. The second-order valence-electron chi connectivity index (χ2n) is 7.54. The van der Waals surface area contributed by atoms with Crippen LogP contribution in [0.5, 0.6) is 0 Å². The Balaban J connectivity index is 2.80. The molecule has 1 fully saturated rings. The molecule has 1 aliphatic heterocycles. The van der Waals surface area contributed by atoms with Crippen LogP contribution in [0.2, 0.25) is 0 Å². The van der Waals surface area contributed by atoms with Crippen molar-refractivity contribution in [2.24, 2.45) is 11.7 Å². The first-order chi connectivity index (χ1) is 14.0. The largest absolute Gasteiger partial charge is 0.481 e. The normalized spacial score (nSPS) is 19.1. The van der Waals surface area contributed by atoms with Gasteiger partial charge in [-0.1, -0.05) is 13.8 Å². The maximum atomic E-state index is 12.9. The number of nitrogens with one attached hydrogen (secondary N) is 2. The van der Waals surface area contributed by atoms with Gasteiger partial charge in [0.2, 0.25) is 17.7 Å². The number of hydrogen-bond acceptors (Lipinski definition) is 7. The predicted molar refractivity (Wildman–Crippen MR) is 110 cm³/mol. The lowest BCUT2D eigenvalue weighted by Gasteiger charge is -2.29. The highest BCUT2D eigenvalue weighted by atomic mass is 32.1. The topological polar surface area (TPSA) is 179 Å². The molecule has 0 bridgehead atoms. The van der Waals surface area contributed by atoms with Crippen LogP contribution < -0.4 is 16.4 Å². The third kappa shape index (κ3) is 7.17. The zero-order valence-corrected chi connectivity index (χ0v) is 17.9. The predicted octanol–water partition coefficient (Wildman–Crippen LogP) is -1.19. The molecule has 0 aromatic heterocycles. The number of aliphatic carboxylic acids is 2. The van der Waals surface area contributed by atoms with Crippen molar-refractivity contribution < 1.29 is 34.2 Å². The van der Waals surface area contributed by atoms with Crippen molar-refractivity contribution in [2.75, 3.05) is 12.3 Å². The van der Waals surface area contributed by atoms with Crippen LogP contribution in [0, 0.1) is 5.92 Å². The molecule has 3 amide bonds. The van der Waals surface area contributed by atoms with E-state index in [-0.39, 0.29) is 31.1 Å². The van der Waals surface area contributed by atoms with Gasteiger partial charge in [0.15, 0.2) is 0 Å². The smallest absolute Gasteiger partial charge is 0.326 e. The van der Waals surface area contributed by atoms with E-state index in [1.54, 1.807) is 13.8 Å². The molecule has 0 saturated carbocycles. The highest BCUT2D eigenvalue weighted by Crippen LogP contribution is 2.19. The van der Waals surface area contributed by atoms with Crippen LogP contribution in [0.1, 0.15) is 39.5 Å². The maximum Gasteiger partial charge on any atom is 0.326 e. The number of nitrogens with two attached hydrogens (primary N) is 1. The number of amides is 3. The first kappa shape index (κ1) is 25.7. The minimum Gasteiger partial charge on any atom is -0.481 e. The zero-order valence-electron chi connectivity index (χ0n) is 17.0. The van der Waals surface area contributed by atoms with Crippen LogP contribution in [0.3, 0.4) is 0 Å². The maximum absolute atomic E-state index is 12.9. The monoisotopic (exact) mass is 446 g/mol. The zero-order chi connectivity index (χ0) is 23.0. The third-order valence-corrected chi connectivity index (χ3v) is 5.24. The van der Waals surface area contributed by atoms with Crippen LogP contribution >= 0.6 is 12.6 Å². The summed E-state index contributed by atoms with van der Waals surface area (Å²) in [5.41, 5.74) is 5.66. The fourth-order valence-corrected chi connectivity index (χ4v) is 3.39. The van der Waals surface area contributed by atoms with E-state index in [4.69, 9.17) is 10.8 Å². The van der Waals surface area contributed by atoms with Gasteiger partial charge in [0.05, 0.1) is 6.04 Å². The van der Waals surface area contributed by atoms with Crippen LogP contribution in [-0.2, 0) is 24.0 Å². The molecule has 1 rings (SSSR count).